The second-order valence-corrected chi connectivity index (χ2v) is 3.66. The van der Waals surface area contributed by atoms with Crippen molar-refractivity contribution in [2.24, 2.45) is 0 Å². The van der Waals surface area contributed by atoms with Crippen LogP contribution in [0.3, 0.4) is 0 Å². The van der Waals surface area contributed by atoms with E-state index >= 15 is 0 Å². The first-order valence-electron chi connectivity index (χ1n) is 5.49. The number of esters is 1. The van der Waals surface area contributed by atoms with Crippen molar-refractivity contribution >= 4 is 12.0 Å². The van der Waals surface area contributed by atoms with Crippen LogP contribution >= 0.6 is 0 Å². The normalized spacial score (nSPS) is 15.4. The first kappa shape index (κ1) is 12.8. The summed E-state index contributed by atoms with van der Waals surface area (Å²) in [6.45, 7) is 5.83. The number of amides is 2. The number of hydrogen-bond donors (Lipinski definition) is 1. The van der Waals surface area contributed by atoms with Gasteiger partial charge in [0.05, 0.1) is 13.7 Å². The average molecular weight is 229 g/mol. The second kappa shape index (κ2) is 6.32. The minimum atomic E-state index is -0.243. The Labute approximate surface area is 95.5 Å². The summed E-state index contributed by atoms with van der Waals surface area (Å²) in [6, 6.07) is -0.0193. The minimum absolute atomic E-state index is 0.0193. The zero-order chi connectivity index (χ0) is 12.0. The van der Waals surface area contributed by atoms with Crippen LogP contribution in [0.25, 0.3) is 0 Å². The van der Waals surface area contributed by atoms with Gasteiger partial charge in [-0.1, -0.05) is 6.92 Å². The summed E-state index contributed by atoms with van der Waals surface area (Å²) in [5.74, 6) is -0.243. The number of carbonyl (C=O) groups excluding carboxylic acids is 2. The molecular formula is C10H19N3O3. The molecule has 0 aromatic carbocycles. The molecule has 1 aliphatic heterocycles. The van der Waals surface area contributed by atoms with Gasteiger partial charge in [-0.25, -0.2) is 4.79 Å². The third-order valence-electron chi connectivity index (χ3n) is 2.66. The standard InChI is InChI=1S/C10H19N3O3/c1-3-12(8-9(14)16-2)6-7-13-5-4-11-10(13)15/h3-8H2,1-2H3,(H,11,15). The molecule has 2 amide bonds. The second-order valence-electron chi connectivity index (χ2n) is 3.66. The summed E-state index contributed by atoms with van der Waals surface area (Å²) < 4.78 is 4.60. The molecule has 1 rings (SSSR count). The predicted octanol–water partition coefficient (Wildman–Crippen LogP) is -0.493. The Morgan fingerprint density at radius 1 is 1.62 bits per heavy atom. The van der Waals surface area contributed by atoms with E-state index in [0.29, 0.717) is 19.6 Å². The maximum Gasteiger partial charge on any atom is 0.319 e. The zero-order valence-corrected chi connectivity index (χ0v) is 9.86. The summed E-state index contributed by atoms with van der Waals surface area (Å²) >= 11 is 0. The van der Waals surface area contributed by atoms with Crippen LogP contribution in [0, 0.1) is 0 Å². The average Bonchev–Trinajstić information content (AvgIpc) is 2.69. The maximum atomic E-state index is 11.3. The highest BCUT2D eigenvalue weighted by atomic mass is 16.5. The van der Waals surface area contributed by atoms with Crippen molar-refractivity contribution in [1.82, 2.24) is 15.1 Å². The van der Waals surface area contributed by atoms with Crippen molar-refractivity contribution in [2.45, 2.75) is 6.92 Å². The number of nitrogens with zero attached hydrogens (tertiary/aromatic N) is 2. The van der Waals surface area contributed by atoms with Gasteiger partial charge < -0.3 is 15.0 Å². The van der Waals surface area contributed by atoms with Gasteiger partial charge in [0.25, 0.3) is 0 Å². The fourth-order valence-electron chi connectivity index (χ4n) is 1.58. The van der Waals surface area contributed by atoms with Crippen LogP contribution in [0.15, 0.2) is 0 Å². The molecule has 0 aliphatic carbocycles. The SMILES string of the molecule is CCN(CCN1CCNC1=O)CC(=O)OC. The molecule has 16 heavy (non-hydrogen) atoms. The third-order valence-corrected chi connectivity index (χ3v) is 2.66. The van der Waals surface area contributed by atoms with Crippen molar-refractivity contribution < 1.29 is 14.3 Å². The Kier molecular flexibility index (Phi) is 5.04. The van der Waals surface area contributed by atoms with E-state index in [1.807, 2.05) is 11.8 Å². The van der Waals surface area contributed by atoms with Gasteiger partial charge in [-0.3, -0.25) is 9.69 Å². The number of nitrogens with one attached hydrogen (secondary N) is 1. The van der Waals surface area contributed by atoms with Crippen molar-refractivity contribution in [3.05, 3.63) is 0 Å². The Bertz CT molecular complexity index is 258. The van der Waals surface area contributed by atoms with Crippen molar-refractivity contribution in [3.8, 4) is 0 Å². The van der Waals surface area contributed by atoms with E-state index in [1.165, 1.54) is 7.11 Å². The quantitative estimate of drug-likeness (QED) is 0.624. The number of urea groups is 1. The molecule has 0 unspecified atom stereocenters. The van der Waals surface area contributed by atoms with E-state index in [1.54, 1.807) is 4.90 Å². The van der Waals surface area contributed by atoms with Crippen molar-refractivity contribution in [1.29, 1.82) is 0 Å². The zero-order valence-electron chi connectivity index (χ0n) is 9.86. The molecule has 0 aromatic heterocycles. The number of hydrogen-bond acceptors (Lipinski definition) is 4. The van der Waals surface area contributed by atoms with E-state index in [2.05, 4.69) is 10.1 Å². The molecule has 0 radical (unpaired) electrons. The van der Waals surface area contributed by atoms with Crippen LogP contribution < -0.4 is 5.32 Å². The first-order chi connectivity index (χ1) is 7.67. The monoisotopic (exact) mass is 229 g/mol. The molecule has 0 bridgehead atoms. The lowest BCUT2D eigenvalue weighted by Gasteiger charge is -2.22. The number of carbonyl (C=O) groups is 2. The fraction of sp³-hybridized carbons (Fsp3) is 0.800. The maximum absolute atomic E-state index is 11.3. The Balaban J connectivity index is 2.27. The molecule has 0 saturated carbocycles. The summed E-state index contributed by atoms with van der Waals surface area (Å²) in [5, 5.41) is 2.74. The van der Waals surface area contributed by atoms with Crippen LogP contribution in [-0.2, 0) is 9.53 Å². The topological polar surface area (TPSA) is 61.9 Å². The van der Waals surface area contributed by atoms with Gasteiger partial charge in [-0.15, -0.1) is 0 Å². The van der Waals surface area contributed by atoms with Crippen LogP contribution in [0.5, 0.6) is 0 Å². The van der Waals surface area contributed by atoms with Gasteiger partial charge in [-0.05, 0) is 6.54 Å². The molecular weight excluding hydrogens is 210 g/mol. The Morgan fingerprint density at radius 3 is 2.88 bits per heavy atom. The van der Waals surface area contributed by atoms with Gasteiger partial charge in [0.2, 0.25) is 0 Å². The van der Waals surface area contributed by atoms with E-state index in [9.17, 15) is 9.59 Å². The van der Waals surface area contributed by atoms with E-state index < -0.39 is 0 Å². The van der Waals surface area contributed by atoms with Gasteiger partial charge in [0, 0.05) is 26.2 Å². The van der Waals surface area contributed by atoms with Gasteiger partial charge in [-0.2, -0.15) is 0 Å². The summed E-state index contributed by atoms with van der Waals surface area (Å²) in [4.78, 5) is 26.0. The molecule has 1 N–H and O–H groups in total. The largest absolute Gasteiger partial charge is 0.468 e. The number of likely N-dealkylation sites (N-methyl/N-ethyl adjacent to an activating group) is 1. The molecule has 0 atom stereocenters. The molecule has 1 saturated heterocycles. The van der Waals surface area contributed by atoms with Gasteiger partial charge >= 0.3 is 12.0 Å². The number of rotatable bonds is 6. The molecule has 6 heteroatoms. The predicted molar refractivity (Wildman–Crippen MR) is 59.1 cm³/mol. The highest BCUT2D eigenvalue weighted by molar-refractivity contribution is 5.76. The minimum Gasteiger partial charge on any atom is -0.468 e. The van der Waals surface area contributed by atoms with Crippen LogP contribution in [0.1, 0.15) is 6.92 Å². The lowest BCUT2D eigenvalue weighted by Crippen LogP contribution is -2.39. The van der Waals surface area contributed by atoms with Crippen LogP contribution in [0.4, 0.5) is 4.79 Å². The van der Waals surface area contributed by atoms with Crippen molar-refractivity contribution in [3.63, 3.8) is 0 Å². The molecule has 1 aliphatic rings. The van der Waals surface area contributed by atoms with Gasteiger partial charge in [0.1, 0.15) is 0 Å². The molecule has 92 valence electrons. The number of ether oxygens (including phenoxy) is 1. The summed E-state index contributed by atoms with van der Waals surface area (Å²) in [7, 11) is 1.38. The summed E-state index contributed by atoms with van der Waals surface area (Å²) in [5.41, 5.74) is 0. The molecule has 1 heterocycles. The molecule has 6 nitrogen and oxygen atoms in total. The van der Waals surface area contributed by atoms with Crippen molar-refractivity contribution in [2.75, 3.05) is 46.4 Å². The van der Waals surface area contributed by atoms with Gasteiger partial charge in [0.15, 0.2) is 0 Å². The lowest BCUT2D eigenvalue weighted by molar-refractivity contribution is -0.141. The lowest BCUT2D eigenvalue weighted by atomic mass is 10.4. The third kappa shape index (κ3) is 3.69. The van der Waals surface area contributed by atoms with E-state index in [0.717, 1.165) is 13.1 Å². The molecule has 0 spiro atoms. The smallest absolute Gasteiger partial charge is 0.319 e. The molecule has 1 fully saturated rings. The van der Waals surface area contributed by atoms with Crippen LogP contribution in [-0.4, -0.2) is 68.2 Å². The van der Waals surface area contributed by atoms with E-state index in [-0.39, 0.29) is 18.5 Å². The van der Waals surface area contributed by atoms with E-state index in [4.69, 9.17) is 0 Å². The first-order valence-corrected chi connectivity index (χ1v) is 5.49. The number of methoxy groups -OCH3 is 1. The highest BCUT2D eigenvalue weighted by Crippen LogP contribution is 1.98. The Morgan fingerprint density at radius 2 is 2.38 bits per heavy atom. The molecule has 0 aromatic rings. The Hall–Kier alpha value is -1.30. The summed E-state index contributed by atoms with van der Waals surface area (Å²) in [6.07, 6.45) is 0. The van der Waals surface area contributed by atoms with Crippen LogP contribution in [0.2, 0.25) is 0 Å². The fourth-order valence-corrected chi connectivity index (χ4v) is 1.58. The highest BCUT2D eigenvalue weighted by Gasteiger charge is 2.20.